The van der Waals surface area contributed by atoms with E-state index in [0.717, 1.165) is 12.2 Å². The van der Waals surface area contributed by atoms with E-state index in [1.165, 1.54) is 11.1 Å². The topological polar surface area (TPSA) is 29.5 Å². The van der Waals surface area contributed by atoms with Crippen molar-refractivity contribution in [1.29, 1.82) is 0 Å². The summed E-state index contributed by atoms with van der Waals surface area (Å²) in [5.41, 5.74) is 2.67. The maximum atomic E-state index is 12.4. The van der Waals surface area contributed by atoms with Crippen LogP contribution in [0.5, 0.6) is 5.75 Å². The molecule has 3 rings (SSSR count). The van der Waals surface area contributed by atoms with Crippen molar-refractivity contribution in [2.75, 3.05) is 7.11 Å². The summed E-state index contributed by atoms with van der Waals surface area (Å²) < 4.78 is 5.27. The number of hydrogen-bond donors (Lipinski definition) is 0. The first-order valence-electron chi connectivity index (χ1n) is 8.54. The number of allylic oxidation sites excluding steroid dienone is 1. The van der Waals surface area contributed by atoms with E-state index in [1.54, 1.807) is 7.11 Å². The van der Waals surface area contributed by atoms with Gasteiger partial charge in [0.05, 0.1) is 13.2 Å². The molecule has 1 amide bonds. The summed E-state index contributed by atoms with van der Waals surface area (Å²) in [6, 6.07) is 8.76. The van der Waals surface area contributed by atoms with Crippen molar-refractivity contribution in [3.63, 3.8) is 0 Å². The smallest absolute Gasteiger partial charge is 0.223 e. The zero-order valence-electron chi connectivity index (χ0n) is 14.8. The van der Waals surface area contributed by atoms with Gasteiger partial charge in [0.1, 0.15) is 5.75 Å². The molecule has 0 spiro atoms. The molecule has 0 radical (unpaired) electrons. The van der Waals surface area contributed by atoms with Gasteiger partial charge in [0.25, 0.3) is 0 Å². The first kappa shape index (κ1) is 16.1. The van der Waals surface area contributed by atoms with Crippen molar-refractivity contribution in [1.82, 2.24) is 4.90 Å². The van der Waals surface area contributed by atoms with Gasteiger partial charge in [-0.15, -0.1) is 0 Å². The van der Waals surface area contributed by atoms with Crippen molar-refractivity contribution in [2.24, 2.45) is 11.3 Å². The molecule has 1 aliphatic heterocycles. The normalized spacial score (nSPS) is 26.3. The quantitative estimate of drug-likeness (QED) is 0.839. The van der Waals surface area contributed by atoms with Crippen LogP contribution in [0.4, 0.5) is 0 Å². The highest BCUT2D eigenvalue weighted by atomic mass is 16.5. The zero-order chi connectivity index (χ0) is 16.8. The van der Waals surface area contributed by atoms with Crippen LogP contribution >= 0.6 is 0 Å². The predicted molar refractivity (Wildman–Crippen MR) is 93.2 cm³/mol. The van der Waals surface area contributed by atoms with Gasteiger partial charge in [0, 0.05) is 12.5 Å². The third-order valence-electron chi connectivity index (χ3n) is 5.61. The summed E-state index contributed by atoms with van der Waals surface area (Å²) in [5, 5.41) is 0. The lowest BCUT2D eigenvalue weighted by Gasteiger charge is -2.44. The number of carbonyl (C=O) groups is 1. The molecule has 1 aromatic carbocycles. The Morgan fingerprint density at radius 1 is 1.22 bits per heavy atom. The largest absolute Gasteiger partial charge is 0.497 e. The summed E-state index contributed by atoms with van der Waals surface area (Å²) in [6.45, 7) is 8.88. The highest BCUT2D eigenvalue weighted by Gasteiger charge is 2.49. The van der Waals surface area contributed by atoms with Gasteiger partial charge < -0.3 is 9.64 Å². The van der Waals surface area contributed by atoms with Crippen molar-refractivity contribution in [3.8, 4) is 5.75 Å². The van der Waals surface area contributed by atoms with Crippen LogP contribution < -0.4 is 4.74 Å². The Labute approximate surface area is 139 Å². The van der Waals surface area contributed by atoms with Crippen molar-refractivity contribution >= 4 is 11.5 Å². The van der Waals surface area contributed by atoms with Crippen LogP contribution in [0.15, 0.2) is 30.3 Å². The van der Waals surface area contributed by atoms with Crippen molar-refractivity contribution in [3.05, 3.63) is 35.9 Å². The molecular weight excluding hydrogens is 286 g/mol. The second-order valence-corrected chi connectivity index (χ2v) is 7.56. The van der Waals surface area contributed by atoms with Gasteiger partial charge in [0.15, 0.2) is 0 Å². The Balaban J connectivity index is 2.01. The number of likely N-dealkylation sites (tertiary alicyclic amines) is 1. The lowest BCUT2D eigenvalue weighted by molar-refractivity contribution is -0.140. The van der Waals surface area contributed by atoms with E-state index >= 15 is 0 Å². The fourth-order valence-corrected chi connectivity index (χ4v) is 4.38. The molecule has 1 aliphatic carbocycles. The Hall–Kier alpha value is -1.77. The molecule has 2 unspecified atom stereocenters. The molecule has 3 heteroatoms. The maximum absolute atomic E-state index is 12.4. The van der Waals surface area contributed by atoms with Gasteiger partial charge in [-0.2, -0.15) is 0 Å². The molecule has 2 aliphatic rings. The van der Waals surface area contributed by atoms with Crippen LogP contribution in [0.1, 0.15) is 46.1 Å². The van der Waals surface area contributed by atoms with Crippen LogP contribution in [-0.4, -0.2) is 30.0 Å². The lowest BCUT2D eigenvalue weighted by Crippen LogP contribution is -2.51. The number of fused-ring (bicyclic) bond motifs is 1. The van der Waals surface area contributed by atoms with Gasteiger partial charge in [-0.05, 0) is 54.9 Å². The summed E-state index contributed by atoms with van der Waals surface area (Å²) in [5.74, 6) is 1.67. The number of piperidine rings is 1. The Bertz CT molecular complexity index is 628. The molecule has 1 fully saturated rings. The third kappa shape index (κ3) is 2.56. The van der Waals surface area contributed by atoms with E-state index in [1.807, 2.05) is 12.1 Å². The number of ether oxygens (including phenoxy) is 1. The molecule has 1 heterocycles. The van der Waals surface area contributed by atoms with Gasteiger partial charge in [-0.25, -0.2) is 0 Å². The highest BCUT2D eigenvalue weighted by Crippen LogP contribution is 2.53. The Kier molecular flexibility index (Phi) is 3.99. The summed E-state index contributed by atoms with van der Waals surface area (Å²) >= 11 is 0. The molecule has 0 N–H and O–H groups in total. The standard InChI is InChI=1S/C20H27NO2/c1-13(2)21-18-12-17(14-6-8-15(23-5)9-7-14)20(3,4)16(18)10-11-19(21)22/h6-9,12-13,16,18H,10-11H2,1-5H3. The number of methoxy groups -OCH3 is 1. The van der Waals surface area contributed by atoms with Crippen LogP contribution in [0.2, 0.25) is 0 Å². The van der Waals surface area contributed by atoms with Gasteiger partial charge in [-0.1, -0.05) is 32.1 Å². The minimum atomic E-state index is 0.0765. The Morgan fingerprint density at radius 2 is 1.87 bits per heavy atom. The zero-order valence-corrected chi connectivity index (χ0v) is 14.8. The van der Waals surface area contributed by atoms with Crippen LogP contribution in [0, 0.1) is 11.3 Å². The molecule has 2 atom stereocenters. The second kappa shape index (κ2) is 5.70. The monoisotopic (exact) mass is 313 g/mol. The maximum Gasteiger partial charge on any atom is 0.223 e. The molecule has 1 saturated heterocycles. The summed E-state index contributed by atoms with van der Waals surface area (Å²) in [7, 11) is 1.69. The van der Waals surface area contributed by atoms with Crippen LogP contribution in [-0.2, 0) is 4.79 Å². The Morgan fingerprint density at radius 3 is 2.43 bits per heavy atom. The SMILES string of the molecule is COc1ccc(C2=CC3C(CCC(=O)N3C(C)C)C2(C)C)cc1. The summed E-state index contributed by atoms with van der Waals surface area (Å²) in [6.07, 6.45) is 3.99. The molecule has 0 saturated carbocycles. The van der Waals surface area contributed by atoms with E-state index in [4.69, 9.17) is 4.74 Å². The predicted octanol–water partition coefficient (Wildman–Crippen LogP) is 4.13. The third-order valence-corrected chi connectivity index (χ3v) is 5.61. The number of nitrogens with zero attached hydrogens (tertiary/aromatic N) is 1. The average molecular weight is 313 g/mol. The van der Waals surface area contributed by atoms with E-state index in [2.05, 4.69) is 50.8 Å². The lowest BCUT2D eigenvalue weighted by atomic mass is 9.71. The minimum Gasteiger partial charge on any atom is -0.497 e. The van der Waals surface area contributed by atoms with E-state index in [9.17, 15) is 4.79 Å². The molecule has 3 nitrogen and oxygen atoms in total. The molecule has 0 bridgehead atoms. The molecule has 23 heavy (non-hydrogen) atoms. The second-order valence-electron chi connectivity index (χ2n) is 7.56. The summed E-state index contributed by atoms with van der Waals surface area (Å²) in [4.78, 5) is 14.5. The average Bonchev–Trinajstić information content (AvgIpc) is 2.78. The fraction of sp³-hybridized carbons (Fsp3) is 0.550. The van der Waals surface area contributed by atoms with Crippen LogP contribution in [0.25, 0.3) is 5.57 Å². The van der Waals surface area contributed by atoms with Gasteiger partial charge in [-0.3, -0.25) is 4.79 Å². The van der Waals surface area contributed by atoms with E-state index < -0.39 is 0 Å². The number of carbonyl (C=O) groups excluding carboxylic acids is 1. The van der Waals surface area contributed by atoms with Crippen molar-refractivity contribution in [2.45, 2.75) is 52.6 Å². The molecular formula is C20H27NO2. The first-order chi connectivity index (χ1) is 10.9. The van der Waals surface area contributed by atoms with E-state index in [0.29, 0.717) is 18.2 Å². The number of amides is 1. The first-order valence-corrected chi connectivity index (χ1v) is 8.54. The van der Waals surface area contributed by atoms with Crippen molar-refractivity contribution < 1.29 is 9.53 Å². The molecule has 0 aromatic heterocycles. The molecule has 124 valence electrons. The number of rotatable bonds is 3. The highest BCUT2D eigenvalue weighted by molar-refractivity contribution is 5.81. The molecule has 1 aromatic rings. The van der Waals surface area contributed by atoms with Gasteiger partial charge >= 0.3 is 0 Å². The number of benzene rings is 1. The van der Waals surface area contributed by atoms with E-state index in [-0.39, 0.29) is 17.5 Å². The fourth-order valence-electron chi connectivity index (χ4n) is 4.38. The van der Waals surface area contributed by atoms with Gasteiger partial charge in [0.2, 0.25) is 5.91 Å². The van der Waals surface area contributed by atoms with Crippen LogP contribution in [0.3, 0.4) is 0 Å². The number of hydrogen-bond acceptors (Lipinski definition) is 2. The minimum absolute atomic E-state index is 0.0765.